The number of benzene rings is 2. The number of nitrogens with zero attached hydrogens (tertiary/aromatic N) is 7. The molecule has 5 rings (SSSR count). The van der Waals surface area contributed by atoms with Crippen molar-refractivity contribution in [2.75, 3.05) is 25.9 Å². The second-order valence-electron chi connectivity index (χ2n) is 9.17. The zero-order chi connectivity index (χ0) is 28.1. The Labute approximate surface area is 228 Å². The highest BCUT2D eigenvalue weighted by Gasteiger charge is 2.27. The van der Waals surface area contributed by atoms with E-state index in [1.165, 1.54) is 23.9 Å². The normalized spacial score (nSPS) is 13.9. The van der Waals surface area contributed by atoms with E-state index >= 15 is 0 Å². The van der Waals surface area contributed by atoms with Gasteiger partial charge in [0.25, 0.3) is 5.91 Å². The summed E-state index contributed by atoms with van der Waals surface area (Å²) in [6.07, 6.45) is 2.16. The molecule has 0 atom stereocenters. The van der Waals surface area contributed by atoms with Crippen molar-refractivity contribution in [3.05, 3.63) is 70.8 Å². The predicted octanol–water partition coefficient (Wildman–Crippen LogP) is 2.71. The van der Waals surface area contributed by atoms with Crippen LogP contribution in [0.5, 0.6) is 11.5 Å². The highest BCUT2D eigenvalue weighted by molar-refractivity contribution is 6.01. The number of aromatic nitrogens is 5. The summed E-state index contributed by atoms with van der Waals surface area (Å²) in [7, 11) is 1.53. The third kappa shape index (κ3) is 5.91. The van der Waals surface area contributed by atoms with E-state index < -0.39 is 5.91 Å². The molecule has 0 bridgehead atoms. The molecular weight excluding hydrogens is 521 g/mol. The van der Waals surface area contributed by atoms with Crippen molar-refractivity contribution in [2.45, 2.75) is 32.9 Å². The molecule has 13 nitrogen and oxygen atoms in total. The van der Waals surface area contributed by atoms with Gasteiger partial charge in [0.05, 0.1) is 12.8 Å². The van der Waals surface area contributed by atoms with Crippen LogP contribution in [0.3, 0.4) is 0 Å². The fourth-order valence-electron chi connectivity index (χ4n) is 4.29. The van der Waals surface area contributed by atoms with E-state index in [0.29, 0.717) is 35.0 Å². The summed E-state index contributed by atoms with van der Waals surface area (Å²) in [5.41, 5.74) is 11.0. The van der Waals surface area contributed by atoms with Gasteiger partial charge in [-0.25, -0.2) is 14.4 Å². The SMILES string of the molecule is COc1cc(C(C)=NNC(=O)c2c(CN3CCCC3)nnn2-c2nonc2N)ccc1OCc1ccc(F)cc1. The van der Waals surface area contributed by atoms with Crippen LogP contribution in [0.1, 0.15) is 47.1 Å². The molecule has 0 spiro atoms. The second-order valence-corrected chi connectivity index (χ2v) is 9.17. The summed E-state index contributed by atoms with van der Waals surface area (Å²) in [5, 5.41) is 19.9. The lowest BCUT2D eigenvalue weighted by Crippen LogP contribution is -2.26. The van der Waals surface area contributed by atoms with Gasteiger partial charge in [0, 0.05) is 12.1 Å². The number of rotatable bonds is 10. The first-order valence-electron chi connectivity index (χ1n) is 12.6. The molecule has 1 aliphatic heterocycles. The Morgan fingerprint density at radius 1 is 1.15 bits per heavy atom. The van der Waals surface area contributed by atoms with Crippen LogP contribution in [0.25, 0.3) is 5.82 Å². The Kier molecular flexibility index (Phi) is 7.96. The lowest BCUT2D eigenvalue weighted by molar-refractivity contribution is 0.0945. The number of ether oxygens (including phenoxy) is 2. The molecule has 1 fully saturated rings. The fourth-order valence-corrected chi connectivity index (χ4v) is 4.29. The zero-order valence-corrected chi connectivity index (χ0v) is 22.0. The number of hydrogen-bond acceptors (Lipinski definition) is 11. The number of nitrogen functional groups attached to an aromatic ring is 1. The summed E-state index contributed by atoms with van der Waals surface area (Å²) in [6.45, 7) is 4.24. The average Bonchev–Trinajstić information content (AvgIpc) is 3.73. The van der Waals surface area contributed by atoms with Crippen molar-refractivity contribution in [2.24, 2.45) is 5.10 Å². The lowest BCUT2D eigenvalue weighted by atomic mass is 10.1. The summed E-state index contributed by atoms with van der Waals surface area (Å²) in [5.74, 6) is 0.159. The molecule has 3 heterocycles. The number of halogens is 1. The van der Waals surface area contributed by atoms with Crippen molar-refractivity contribution in [1.29, 1.82) is 0 Å². The topological polar surface area (TPSA) is 159 Å². The fraction of sp³-hybridized carbons (Fsp3) is 0.308. The highest BCUT2D eigenvalue weighted by Crippen LogP contribution is 2.29. The van der Waals surface area contributed by atoms with Crippen LogP contribution in [0.4, 0.5) is 10.2 Å². The van der Waals surface area contributed by atoms with Crippen molar-refractivity contribution >= 4 is 17.4 Å². The van der Waals surface area contributed by atoms with Crippen molar-refractivity contribution in [3.63, 3.8) is 0 Å². The zero-order valence-electron chi connectivity index (χ0n) is 22.0. The molecule has 0 radical (unpaired) electrons. The number of carbonyl (C=O) groups is 1. The molecule has 0 unspecified atom stereocenters. The highest BCUT2D eigenvalue weighted by atomic mass is 19.1. The summed E-state index contributed by atoms with van der Waals surface area (Å²) >= 11 is 0. The van der Waals surface area contributed by atoms with Crippen LogP contribution in [-0.2, 0) is 13.2 Å². The van der Waals surface area contributed by atoms with Gasteiger partial charge >= 0.3 is 0 Å². The van der Waals surface area contributed by atoms with E-state index in [1.807, 2.05) is 0 Å². The first-order chi connectivity index (χ1) is 19.4. The Morgan fingerprint density at radius 3 is 2.62 bits per heavy atom. The number of hydrogen-bond donors (Lipinski definition) is 2. The van der Waals surface area contributed by atoms with E-state index in [4.69, 9.17) is 19.8 Å². The number of anilines is 1. The molecule has 1 amide bonds. The Morgan fingerprint density at radius 2 is 1.93 bits per heavy atom. The minimum absolute atomic E-state index is 0.0276. The maximum absolute atomic E-state index is 13.4. The van der Waals surface area contributed by atoms with Crippen LogP contribution in [0.15, 0.2) is 52.2 Å². The van der Waals surface area contributed by atoms with Crippen molar-refractivity contribution in [1.82, 2.24) is 35.6 Å². The van der Waals surface area contributed by atoms with Crippen LogP contribution in [-0.4, -0.2) is 62.0 Å². The number of nitrogens with two attached hydrogens (primary N) is 1. The maximum Gasteiger partial charge on any atom is 0.292 e. The molecular formula is C26H28FN9O4. The first-order valence-corrected chi connectivity index (χ1v) is 12.6. The lowest BCUT2D eigenvalue weighted by Gasteiger charge is -2.13. The number of likely N-dealkylation sites (tertiary alicyclic amines) is 1. The van der Waals surface area contributed by atoms with Gasteiger partial charge in [0.15, 0.2) is 17.2 Å². The standard InChI is InChI=1S/C26H28FN9O4/c1-16(18-7-10-21(22(13-18)38-2)39-15-17-5-8-19(27)9-6-17)29-31-26(37)23-20(14-35-11-3-4-12-35)30-34-36(23)25-24(28)32-40-33-25/h5-10,13H,3-4,11-12,14-15H2,1-2H3,(H2,28,32)(H,31,37). The van der Waals surface area contributed by atoms with Gasteiger partial charge < -0.3 is 15.2 Å². The van der Waals surface area contributed by atoms with Crippen molar-refractivity contribution in [3.8, 4) is 17.3 Å². The smallest absolute Gasteiger partial charge is 0.292 e. The quantitative estimate of drug-likeness (QED) is 0.222. The largest absolute Gasteiger partial charge is 0.493 e. The van der Waals surface area contributed by atoms with Gasteiger partial charge in [0.2, 0.25) is 11.6 Å². The number of methoxy groups -OCH3 is 1. The number of hydrazone groups is 1. The van der Waals surface area contributed by atoms with E-state index in [-0.39, 0.29) is 29.8 Å². The summed E-state index contributed by atoms with van der Waals surface area (Å²) in [6, 6.07) is 11.3. The predicted molar refractivity (Wildman–Crippen MR) is 142 cm³/mol. The van der Waals surface area contributed by atoms with Gasteiger partial charge in [-0.2, -0.15) is 9.78 Å². The number of amides is 1. The van der Waals surface area contributed by atoms with E-state index in [9.17, 15) is 9.18 Å². The molecule has 1 aliphatic rings. The average molecular weight is 550 g/mol. The molecule has 40 heavy (non-hydrogen) atoms. The molecule has 14 heteroatoms. The number of nitrogens with one attached hydrogen (secondary N) is 1. The monoisotopic (exact) mass is 549 g/mol. The molecule has 0 aliphatic carbocycles. The summed E-state index contributed by atoms with van der Waals surface area (Å²) < 4.78 is 30.4. The van der Waals surface area contributed by atoms with Gasteiger partial charge in [-0.3, -0.25) is 9.69 Å². The Balaban J connectivity index is 1.33. The molecule has 2 aromatic heterocycles. The minimum atomic E-state index is -0.549. The molecule has 2 aromatic carbocycles. The molecule has 3 N–H and O–H groups in total. The minimum Gasteiger partial charge on any atom is -0.493 e. The van der Waals surface area contributed by atoms with Crippen LogP contribution < -0.4 is 20.6 Å². The Hall–Kier alpha value is -4.85. The molecule has 0 saturated carbocycles. The van der Waals surface area contributed by atoms with Crippen LogP contribution in [0.2, 0.25) is 0 Å². The van der Waals surface area contributed by atoms with Gasteiger partial charge in [-0.05, 0) is 79.1 Å². The third-order valence-corrected chi connectivity index (χ3v) is 6.44. The van der Waals surface area contributed by atoms with E-state index in [1.54, 1.807) is 37.3 Å². The Bertz CT molecular complexity index is 1510. The van der Waals surface area contributed by atoms with Crippen LogP contribution in [0, 0.1) is 5.82 Å². The van der Waals surface area contributed by atoms with Gasteiger partial charge in [0.1, 0.15) is 18.1 Å². The second kappa shape index (κ2) is 11.9. The molecule has 4 aromatic rings. The third-order valence-electron chi connectivity index (χ3n) is 6.44. The summed E-state index contributed by atoms with van der Waals surface area (Å²) in [4.78, 5) is 15.5. The van der Waals surface area contributed by atoms with Crippen molar-refractivity contribution < 1.29 is 23.3 Å². The molecule has 1 saturated heterocycles. The van der Waals surface area contributed by atoms with E-state index in [2.05, 4.69) is 36.1 Å². The van der Waals surface area contributed by atoms with E-state index in [0.717, 1.165) is 31.5 Å². The van der Waals surface area contributed by atoms with Gasteiger partial charge in [-0.1, -0.05) is 17.3 Å². The first kappa shape index (κ1) is 26.7. The van der Waals surface area contributed by atoms with Crippen LogP contribution >= 0.6 is 0 Å². The number of carbonyl (C=O) groups excluding carboxylic acids is 1. The maximum atomic E-state index is 13.4. The van der Waals surface area contributed by atoms with Gasteiger partial charge in [-0.15, -0.1) is 5.10 Å². The molecule has 208 valence electrons.